The highest BCUT2D eigenvalue weighted by molar-refractivity contribution is 5.38. The summed E-state index contributed by atoms with van der Waals surface area (Å²) in [6, 6.07) is -0.723. The highest BCUT2D eigenvalue weighted by atomic mass is 19.2. The van der Waals surface area contributed by atoms with Crippen LogP contribution in [0.3, 0.4) is 0 Å². The molecule has 0 fully saturated rings. The van der Waals surface area contributed by atoms with Gasteiger partial charge in [0.1, 0.15) is 0 Å². The molecule has 0 aliphatic carbocycles. The Morgan fingerprint density at radius 3 is 1.91 bits per heavy atom. The first-order chi connectivity index (χ1) is 16.3. The van der Waals surface area contributed by atoms with Gasteiger partial charge in [0.15, 0.2) is 0 Å². The highest BCUT2D eigenvalue weighted by Crippen LogP contribution is 2.32. The maximum atomic E-state index is 14.0. The molecule has 190 valence electrons. The second-order valence-corrected chi connectivity index (χ2v) is 6.86. The van der Waals surface area contributed by atoms with Crippen LogP contribution >= 0.6 is 0 Å². The molecular formula is C20H27F5N6O3. The van der Waals surface area contributed by atoms with Gasteiger partial charge >= 0.3 is 6.01 Å². The van der Waals surface area contributed by atoms with Gasteiger partial charge in [-0.25, -0.2) is 13.2 Å². The van der Waals surface area contributed by atoms with E-state index in [9.17, 15) is 22.0 Å². The van der Waals surface area contributed by atoms with Crippen molar-refractivity contribution in [3.63, 3.8) is 0 Å². The van der Waals surface area contributed by atoms with Crippen LogP contribution in [0.1, 0.15) is 26.7 Å². The van der Waals surface area contributed by atoms with Crippen LogP contribution in [0.5, 0.6) is 11.8 Å². The summed E-state index contributed by atoms with van der Waals surface area (Å²) in [5.74, 6) is -12.5. The number of nitrogens with one attached hydrogen (secondary N) is 2. The van der Waals surface area contributed by atoms with Crippen LogP contribution in [0.4, 0.5) is 33.8 Å². The van der Waals surface area contributed by atoms with E-state index < -0.39 is 40.8 Å². The molecule has 4 N–H and O–H groups in total. The molecule has 0 amide bonds. The summed E-state index contributed by atoms with van der Waals surface area (Å²) < 4.78 is 83.8. The van der Waals surface area contributed by atoms with Crippen molar-refractivity contribution < 1.29 is 36.2 Å². The summed E-state index contributed by atoms with van der Waals surface area (Å²) in [7, 11) is 0. The van der Waals surface area contributed by atoms with Gasteiger partial charge in [-0.3, -0.25) is 0 Å². The second-order valence-electron chi connectivity index (χ2n) is 6.86. The molecule has 0 bridgehead atoms. The molecule has 0 aliphatic rings. The average Bonchev–Trinajstić information content (AvgIpc) is 2.84. The van der Waals surface area contributed by atoms with Crippen molar-refractivity contribution in [2.45, 2.75) is 32.7 Å². The summed E-state index contributed by atoms with van der Waals surface area (Å²) in [6.45, 7) is 5.83. The molecule has 0 saturated carbocycles. The van der Waals surface area contributed by atoms with Gasteiger partial charge in [0.25, 0.3) is 0 Å². The molecule has 0 atom stereocenters. The van der Waals surface area contributed by atoms with Crippen LogP contribution in [0, 0.1) is 29.1 Å². The topological polar surface area (TPSA) is 116 Å². The Labute approximate surface area is 193 Å². The number of ether oxygens (including phenoxy) is 3. The number of benzene rings is 1. The number of hydrogen-bond donors (Lipinski definition) is 3. The summed E-state index contributed by atoms with van der Waals surface area (Å²) in [4.78, 5) is 11.9. The van der Waals surface area contributed by atoms with E-state index in [1.165, 1.54) is 0 Å². The lowest BCUT2D eigenvalue weighted by atomic mass is 10.2. The zero-order chi connectivity index (χ0) is 25.1. The van der Waals surface area contributed by atoms with E-state index >= 15 is 0 Å². The van der Waals surface area contributed by atoms with Gasteiger partial charge in [0.05, 0.1) is 26.4 Å². The molecule has 1 aromatic heterocycles. The normalized spacial score (nSPS) is 11.2. The third kappa shape index (κ3) is 7.60. The number of halogens is 5. The van der Waals surface area contributed by atoms with Gasteiger partial charge in [0.2, 0.25) is 46.7 Å². The standard InChI is InChI=1S/C20H27F5N6O3/c1-3-11(4-2)28-19-29-18(27-6-8-33-10-9-32-7-5-26)30-20(31-19)34-17-15(24)13(22)12(21)14(23)16(17)25/h11H,3-10,26H2,1-2H3,(H2,27,28,29,30,31). The Morgan fingerprint density at radius 2 is 1.32 bits per heavy atom. The van der Waals surface area contributed by atoms with E-state index in [4.69, 9.17) is 19.9 Å². The Kier molecular flexibility index (Phi) is 11.1. The molecule has 0 aliphatic heterocycles. The second kappa shape index (κ2) is 13.8. The predicted octanol–water partition coefficient (Wildman–Crippen LogP) is 3.36. The third-order valence-corrected chi connectivity index (χ3v) is 4.46. The minimum absolute atomic E-state index is 0.0128. The Balaban J connectivity index is 2.18. The Hall–Kier alpha value is -2.84. The minimum atomic E-state index is -2.30. The zero-order valence-corrected chi connectivity index (χ0v) is 18.8. The highest BCUT2D eigenvalue weighted by Gasteiger charge is 2.28. The molecule has 1 heterocycles. The summed E-state index contributed by atoms with van der Waals surface area (Å²) >= 11 is 0. The first-order valence-electron chi connectivity index (χ1n) is 10.6. The molecule has 14 heteroatoms. The monoisotopic (exact) mass is 494 g/mol. The van der Waals surface area contributed by atoms with Gasteiger partial charge in [-0.15, -0.1) is 0 Å². The fourth-order valence-electron chi connectivity index (χ4n) is 2.63. The van der Waals surface area contributed by atoms with Crippen molar-refractivity contribution in [2.24, 2.45) is 5.73 Å². The molecule has 2 rings (SSSR count). The molecule has 0 unspecified atom stereocenters. The van der Waals surface area contributed by atoms with Crippen molar-refractivity contribution in [1.29, 1.82) is 0 Å². The molecular weight excluding hydrogens is 467 g/mol. The van der Waals surface area contributed by atoms with Crippen molar-refractivity contribution >= 4 is 11.9 Å². The number of rotatable bonds is 15. The maximum Gasteiger partial charge on any atom is 0.328 e. The Bertz CT molecular complexity index is 907. The predicted molar refractivity (Wildman–Crippen MR) is 113 cm³/mol. The van der Waals surface area contributed by atoms with Crippen LogP contribution in [-0.2, 0) is 9.47 Å². The number of nitrogens with two attached hydrogens (primary N) is 1. The number of anilines is 2. The lowest BCUT2D eigenvalue weighted by Gasteiger charge is -2.16. The fraction of sp³-hybridized carbons (Fsp3) is 0.550. The van der Waals surface area contributed by atoms with Gasteiger partial charge in [0, 0.05) is 19.1 Å². The summed E-state index contributed by atoms with van der Waals surface area (Å²) in [5.41, 5.74) is 5.31. The van der Waals surface area contributed by atoms with E-state index in [2.05, 4.69) is 25.6 Å². The van der Waals surface area contributed by atoms with E-state index in [0.29, 0.717) is 39.2 Å². The van der Waals surface area contributed by atoms with E-state index in [-0.39, 0.29) is 31.1 Å². The molecule has 9 nitrogen and oxygen atoms in total. The van der Waals surface area contributed by atoms with Gasteiger partial charge in [-0.1, -0.05) is 13.8 Å². The van der Waals surface area contributed by atoms with Gasteiger partial charge < -0.3 is 30.6 Å². The van der Waals surface area contributed by atoms with Crippen molar-refractivity contribution in [2.75, 3.05) is 50.2 Å². The lowest BCUT2D eigenvalue weighted by Crippen LogP contribution is -2.21. The molecule has 0 saturated heterocycles. The number of aromatic nitrogens is 3. The number of hydrogen-bond acceptors (Lipinski definition) is 9. The van der Waals surface area contributed by atoms with Gasteiger partial charge in [-0.05, 0) is 12.8 Å². The quantitative estimate of drug-likeness (QED) is 0.148. The van der Waals surface area contributed by atoms with Crippen LogP contribution in [0.2, 0.25) is 0 Å². The van der Waals surface area contributed by atoms with Crippen LogP contribution in [-0.4, -0.2) is 60.5 Å². The SMILES string of the molecule is CCC(CC)Nc1nc(NCCOCCOCCN)nc(Oc2c(F)c(F)c(F)c(F)c2F)n1. The van der Waals surface area contributed by atoms with Crippen molar-refractivity contribution in [3.8, 4) is 11.8 Å². The average molecular weight is 494 g/mol. The molecule has 0 radical (unpaired) electrons. The van der Waals surface area contributed by atoms with Gasteiger partial charge in [-0.2, -0.15) is 23.7 Å². The summed E-state index contributed by atoms with van der Waals surface area (Å²) in [6.07, 6.45) is 1.41. The van der Waals surface area contributed by atoms with Crippen LogP contribution in [0.25, 0.3) is 0 Å². The molecule has 2 aromatic rings. The fourth-order valence-corrected chi connectivity index (χ4v) is 2.63. The van der Waals surface area contributed by atoms with Crippen molar-refractivity contribution in [1.82, 2.24) is 15.0 Å². The van der Waals surface area contributed by atoms with Crippen LogP contribution in [0.15, 0.2) is 0 Å². The smallest absolute Gasteiger partial charge is 0.328 e. The molecule has 1 aromatic carbocycles. The third-order valence-electron chi connectivity index (χ3n) is 4.46. The lowest BCUT2D eigenvalue weighted by molar-refractivity contribution is 0.0547. The molecule has 0 spiro atoms. The summed E-state index contributed by atoms with van der Waals surface area (Å²) in [5, 5.41) is 5.82. The molecule has 34 heavy (non-hydrogen) atoms. The number of nitrogens with zero attached hydrogens (tertiary/aromatic N) is 3. The first kappa shape index (κ1) is 27.4. The van der Waals surface area contributed by atoms with E-state index in [1.807, 2.05) is 13.8 Å². The maximum absolute atomic E-state index is 14.0. The van der Waals surface area contributed by atoms with E-state index in [0.717, 1.165) is 0 Å². The first-order valence-corrected chi connectivity index (χ1v) is 10.6. The zero-order valence-electron chi connectivity index (χ0n) is 18.8. The van der Waals surface area contributed by atoms with E-state index in [1.54, 1.807) is 0 Å². The largest absolute Gasteiger partial charge is 0.418 e. The van der Waals surface area contributed by atoms with Crippen LogP contribution < -0.4 is 21.1 Å². The van der Waals surface area contributed by atoms with Crippen molar-refractivity contribution in [3.05, 3.63) is 29.1 Å². The Morgan fingerprint density at radius 1 is 0.765 bits per heavy atom. The minimum Gasteiger partial charge on any atom is -0.418 e.